The Bertz CT molecular complexity index is 1640. The van der Waals surface area contributed by atoms with Crippen molar-refractivity contribution in [3.8, 4) is 29.2 Å². The Balaban J connectivity index is 1.34. The van der Waals surface area contributed by atoms with Crippen LogP contribution >= 0.6 is 0 Å². The van der Waals surface area contributed by atoms with Crippen LogP contribution in [0.4, 0.5) is 11.5 Å². The number of pyridine rings is 3. The molecule has 214 valence electrons. The third-order valence-electron chi connectivity index (χ3n) is 6.43. The smallest absolute Gasteiger partial charge is 0.300 e. The van der Waals surface area contributed by atoms with Gasteiger partial charge >= 0.3 is 0 Å². The van der Waals surface area contributed by atoms with E-state index >= 15 is 0 Å². The fourth-order valence-corrected chi connectivity index (χ4v) is 4.31. The monoisotopic (exact) mass is 566 g/mol. The summed E-state index contributed by atoms with van der Waals surface area (Å²) in [6.45, 7) is 7.77. The average molecular weight is 567 g/mol. The summed E-state index contributed by atoms with van der Waals surface area (Å²) >= 11 is 0. The van der Waals surface area contributed by atoms with Crippen LogP contribution in [0.2, 0.25) is 0 Å². The Morgan fingerprint density at radius 2 is 1.83 bits per heavy atom. The predicted molar refractivity (Wildman–Crippen MR) is 158 cm³/mol. The van der Waals surface area contributed by atoms with Gasteiger partial charge in [0.05, 0.1) is 30.0 Å². The third kappa shape index (κ3) is 7.37. The SMILES string of the molecule is CC#CC(=O)Nc1cc2c(Oc3ccc(C(=O)Nc4cc(C)ccn4)cn3)ccnc2cc1OCCN1CCOCC1. The lowest BCUT2D eigenvalue weighted by molar-refractivity contribution is -0.111. The molecule has 1 fully saturated rings. The number of hydrogen-bond donors (Lipinski definition) is 2. The molecule has 2 N–H and O–H groups in total. The van der Waals surface area contributed by atoms with E-state index < -0.39 is 5.91 Å². The number of carbonyl (C=O) groups is 2. The molecule has 0 aliphatic carbocycles. The Labute approximate surface area is 243 Å². The highest BCUT2D eigenvalue weighted by Gasteiger charge is 2.16. The van der Waals surface area contributed by atoms with Crippen LogP contribution in [0, 0.1) is 18.8 Å². The van der Waals surface area contributed by atoms with Gasteiger partial charge in [-0.25, -0.2) is 9.97 Å². The van der Waals surface area contributed by atoms with Gasteiger partial charge in [0.1, 0.15) is 23.9 Å². The zero-order chi connectivity index (χ0) is 29.3. The maximum atomic E-state index is 12.6. The summed E-state index contributed by atoms with van der Waals surface area (Å²) in [5, 5.41) is 6.20. The second kappa shape index (κ2) is 13.5. The average Bonchev–Trinajstić information content (AvgIpc) is 2.99. The van der Waals surface area contributed by atoms with Gasteiger partial charge in [-0.05, 0) is 55.7 Å². The summed E-state index contributed by atoms with van der Waals surface area (Å²) in [4.78, 5) is 40.2. The normalized spacial score (nSPS) is 13.1. The lowest BCUT2D eigenvalue weighted by atomic mass is 10.1. The molecule has 1 aromatic carbocycles. The van der Waals surface area contributed by atoms with Gasteiger partial charge in [0.25, 0.3) is 11.8 Å². The fraction of sp³-hybridized carbons (Fsp3) is 0.258. The van der Waals surface area contributed by atoms with Crippen molar-refractivity contribution in [2.45, 2.75) is 13.8 Å². The Morgan fingerprint density at radius 3 is 2.60 bits per heavy atom. The number of nitrogens with one attached hydrogen (secondary N) is 2. The highest BCUT2D eigenvalue weighted by atomic mass is 16.5. The van der Waals surface area contributed by atoms with E-state index in [0.29, 0.717) is 59.3 Å². The molecule has 11 heteroatoms. The van der Waals surface area contributed by atoms with Crippen LogP contribution in [0.5, 0.6) is 17.4 Å². The summed E-state index contributed by atoms with van der Waals surface area (Å²) in [6, 6.07) is 12.1. The minimum atomic E-state index is -0.461. The zero-order valence-electron chi connectivity index (χ0n) is 23.3. The van der Waals surface area contributed by atoms with Crippen LogP contribution in [-0.4, -0.2) is 71.1 Å². The summed E-state index contributed by atoms with van der Waals surface area (Å²) in [5.41, 5.74) is 2.39. The number of aromatic nitrogens is 3. The van der Waals surface area contributed by atoms with Crippen molar-refractivity contribution in [1.82, 2.24) is 19.9 Å². The number of anilines is 2. The van der Waals surface area contributed by atoms with E-state index in [1.807, 2.05) is 13.0 Å². The number of ether oxygens (including phenoxy) is 3. The summed E-state index contributed by atoms with van der Waals surface area (Å²) in [5.74, 6) is 5.98. The molecular weight excluding hydrogens is 536 g/mol. The molecule has 11 nitrogen and oxygen atoms in total. The zero-order valence-corrected chi connectivity index (χ0v) is 23.3. The second-order valence-electron chi connectivity index (χ2n) is 9.47. The fourth-order valence-electron chi connectivity index (χ4n) is 4.31. The molecule has 0 radical (unpaired) electrons. The van der Waals surface area contributed by atoms with Crippen LogP contribution in [0.15, 0.2) is 61.1 Å². The van der Waals surface area contributed by atoms with Crippen molar-refractivity contribution >= 4 is 34.2 Å². The number of aryl methyl sites for hydroxylation is 1. The molecule has 0 unspecified atom stereocenters. The molecule has 0 bridgehead atoms. The second-order valence-corrected chi connectivity index (χ2v) is 9.47. The van der Waals surface area contributed by atoms with E-state index in [1.165, 1.54) is 6.20 Å². The van der Waals surface area contributed by atoms with Crippen molar-refractivity contribution in [2.75, 3.05) is 50.1 Å². The minimum absolute atomic E-state index is 0.279. The number of hydrogen-bond acceptors (Lipinski definition) is 9. The number of amides is 2. The van der Waals surface area contributed by atoms with Crippen molar-refractivity contribution in [3.05, 3.63) is 72.2 Å². The van der Waals surface area contributed by atoms with Gasteiger partial charge in [0.15, 0.2) is 0 Å². The van der Waals surface area contributed by atoms with Crippen molar-refractivity contribution < 1.29 is 23.8 Å². The van der Waals surface area contributed by atoms with Crippen LogP contribution in [0.3, 0.4) is 0 Å². The van der Waals surface area contributed by atoms with E-state index in [4.69, 9.17) is 14.2 Å². The van der Waals surface area contributed by atoms with E-state index in [0.717, 1.165) is 25.2 Å². The van der Waals surface area contributed by atoms with E-state index in [9.17, 15) is 9.59 Å². The van der Waals surface area contributed by atoms with Crippen LogP contribution < -0.4 is 20.1 Å². The molecule has 4 aromatic rings. The number of fused-ring (bicyclic) bond motifs is 1. The largest absolute Gasteiger partial charge is 0.490 e. The van der Waals surface area contributed by atoms with E-state index in [2.05, 4.69) is 42.3 Å². The van der Waals surface area contributed by atoms with Crippen molar-refractivity contribution in [3.63, 3.8) is 0 Å². The first kappa shape index (κ1) is 28.5. The topological polar surface area (TPSA) is 128 Å². The lowest BCUT2D eigenvalue weighted by Gasteiger charge is -2.26. The molecule has 4 heterocycles. The summed E-state index contributed by atoms with van der Waals surface area (Å²) in [6.07, 6.45) is 4.68. The van der Waals surface area contributed by atoms with Gasteiger partial charge in [0, 0.05) is 55.7 Å². The molecule has 5 rings (SSSR count). The van der Waals surface area contributed by atoms with E-state index in [1.54, 1.807) is 55.7 Å². The molecule has 0 saturated carbocycles. The van der Waals surface area contributed by atoms with Crippen LogP contribution in [0.25, 0.3) is 10.9 Å². The molecule has 1 aliphatic heterocycles. The van der Waals surface area contributed by atoms with Gasteiger partial charge in [-0.15, -0.1) is 0 Å². The molecule has 0 atom stereocenters. The Hall–Kier alpha value is -5.05. The third-order valence-corrected chi connectivity index (χ3v) is 6.43. The maximum absolute atomic E-state index is 12.6. The Kier molecular flexibility index (Phi) is 9.18. The van der Waals surface area contributed by atoms with Crippen LogP contribution in [0.1, 0.15) is 22.8 Å². The molecule has 3 aromatic heterocycles. The molecule has 2 amide bonds. The van der Waals surface area contributed by atoms with Gasteiger partial charge in [-0.2, -0.15) is 0 Å². The summed E-state index contributed by atoms with van der Waals surface area (Å²) < 4.78 is 17.6. The van der Waals surface area contributed by atoms with Crippen molar-refractivity contribution in [2.24, 2.45) is 0 Å². The number of morpholine rings is 1. The minimum Gasteiger partial charge on any atom is -0.490 e. The molecule has 42 heavy (non-hydrogen) atoms. The number of carbonyl (C=O) groups excluding carboxylic acids is 2. The molecular formula is C31H30N6O5. The number of rotatable bonds is 9. The first-order chi connectivity index (χ1) is 20.5. The molecule has 0 spiro atoms. The number of nitrogens with zero attached hydrogens (tertiary/aromatic N) is 4. The first-order valence-electron chi connectivity index (χ1n) is 13.5. The molecule has 1 saturated heterocycles. The number of benzene rings is 1. The van der Waals surface area contributed by atoms with Gasteiger partial charge < -0.3 is 24.8 Å². The molecule has 1 aliphatic rings. The van der Waals surface area contributed by atoms with Gasteiger partial charge in [0.2, 0.25) is 5.88 Å². The van der Waals surface area contributed by atoms with Gasteiger partial charge in [-0.1, -0.05) is 5.92 Å². The van der Waals surface area contributed by atoms with Crippen LogP contribution in [-0.2, 0) is 9.53 Å². The summed E-state index contributed by atoms with van der Waals surface area (Å²) in [7, 11) is 0. The van der Waals surface area contributed by atoms with Gasteiger partial charge in [-0.3, -0.25) is 19.5 Å². The highest BCUT2D eigenvalue weighted by molar-refractivity contribution is 6.06. The predicted octanol–water partition coefficient (Wildman–Crippen LogP) is 4.05. The quantitative estimate of drug-likeness (QED) is 0.288. The van der Waals surface area contributed by atoms with Crippen molar-refractivity contribution in [1.29, 1.82) is 0 Å². The lowest BCUT2D eigenvalue weighted by Crippen LogP contribution is -2.38. The maximum Gasteiger partial charge on any atom is 0.300 e. The highest BCUT2D eigenvalue weighted by Crippen LogP contribution is 2.35. The van der Waals surface area contributed by atoms with E-state index in [-0.39, 0.29) is 11.8 Å². The standard InChI is InChI=1S/C31H30N6O5/c1-3-4-29(38)35-25-18-23-24(19-27(25)41-16-13-37-11-14-40-15-12-37)32-10-8-26(23)42-30-6-5-22(20-34-30)31(39)36-28-17-21(2)7-9-33-28/h5-10,17-20H,11-16H2,1-2H3,(H,35,38)(H,33,36,39). The Morgan fingerprint density at radius 1 is 1.00 bits per heavy atom. The first-order valence-corrected chi connectivity index (χ1v) is 13.5.